The van der Waals surface area contributed by atoms with Gasteiger partial charge >= 0.3 is 0 Å². The molecule has 0 aliphatic heterocycles. The largest absolute Gasteiger partial charge is 0.494 e. The predicted molar refractivity (Wildman–Crippen MR) is 83.4 cm³/mol. The minimum absolute atomic E-state index is 0.138. The van der Waals surface area contributed by atoms with Gasteiger partial charge in [0.25, 0.3) is 0 Å². The number of hydrogen-bond donors (Lipinski definition) is 0. The highest BCUT2D eigenvalue weighted by molar-refractivity contribution is 6.08. The van der Waals surface area contributed by atoms with Crippen molar-refractivity contribution in [2.75, 3.05) is 7.11 Å². The minimum atomic E-state index is -0.464. The smallest absolute Gasteiger partial charge is 0.173 e. The lowest BCUT2D eigenvalue weighted by molar-refractivity contribution is 0.389. The second kappa shape index (κ2) is 5.64. The Labute approximate surface area is 126 Å². The molecule has 0 aliphatic carbocycles. The molecule has 0 amide bonds. The van der Waals surface area contributed by atoms with Gasteiger partial charge in [0.05, 0.1) is 13.4 Å². The Morgan fingerprint density at radius 2 is 1.27 bits per heavy atom. The molecule has 0 radical (unpaired) electrons. The summed E-state index contributed by atoms with van der Waals surface area (Å²) in [4.78, 5) is 0. The maximum atomic E-state index is 14.5. The molecule has 0 saturated heterocycles. The molecule has 112 valence electrons. The van der Waals surface area contributed by atoms with Crippen LogP contribution in [0.1, 0.15) is 6.92 Å². The van der Waals surface area contributed by atoms with Crippen molar-refractivity contribution in [1.29, 1.82) is 0 Å². The highest BCUT2D eigenvalue weighted by Crippen LogP contribution is 2.35. The lowest BCUT2D eigenvalue weighted by atomic mass is 10.0. The molecule has 0 N–H and O–H groups in total. The topological polar surface area (TPSA) is 18.5 Å². The van der Waals surface area contributed by atoms with Gasteiger partial charge in [-0.2, -0.15) is 0 Å². The van der Waals surface area contributed by atoms with Crippen molar-refractivity contribution in [2.24, 2.45) is 0 Å². The first-order valence-corrected chi connectivity index (χ1v) is 6.82. The summed E-state index contributed by atoms with van der Waals surface area (Å²) in [6.07, 6.45) is 3.08. The van der Waals surface area contributed by atoms with E-state index < -0.39 is 11.6 Å². The number of benzene rings is 3. The summed E-state index contributed by atoms with van der Waals surface area (Å²) in [7, 11) is 1.41. The first-order valence-electron chi connectivity index (χ1n) is 6.82. The van der Waals surface area contributed by atoms with E-state index in [0.29, 0.717) is 21.5 Å². The summed E-state index contributed by atoms with van der Waals surface area (Å²) < 4.78 is 39.0. The first-order chi connectivity index (χ1) is 10.7. The zero-order valence-electron chi connectivity index (χ0n) is 12.2. The fourth-order valence-electron chi connectivity index (χ4n) is 2.50. The van der Waals surface area contributed by atoms with Gasteiger partial charge in [-0.1, -0.05) is 18.2 Å². The van der Waals surface area contributed by atoms with Crippen LogP contribution in [0.5, 0.6) is 11.5 Å². The van der Waals surface area contributed by atoms with E-state index in [9.17, 15) is 8.78 Å². The van der Waals surface area contributed by atoms with Gasteiger partial charge in [0.15, 0.2) is 23.1 Å². The van der Waals surface area contributed by atoms with Gasteiger partial charge in [-0.25, -0.2) is 8.78 Å². The molecule has 3 aromatic carbocycles. The van der Waals surface area contributed by atoms with Gasteiger partial charge in [0, 0.05) is 10.8 Å². The molecule has 0 atom stereocenters. The summed E-state index contributed by atoms with van der Waals surface area (Å²) >= 11 is 0. The molecule has 0 aromatic heterocycles. The molecule has 22 heavy (non-hydrogen) atoms. The summed E-state index contributed by atoms with van der Waals surface area (Å²) in [6, 6.07) is 9.64. The average Bonchev–Trinajstić information content (AvgIpc) is 2.54. The van der Waals surface area contributed by atoms with Crippen LogP contribution >= 0.6 is 0 Å². The molecule has 0 saturated carbocycles. The first kappa shape index (κ1) is 14.3. The number of allylic oxidation sites excluding steroid dienone is 1. The Morgan fingerprint density at radius 3 is 1.82 bits per heavy atom. The third-order valence-electron chi connectivity index (χ3n) is 3.55. The van der Waals surface area contributed by atoms with Crippen molar-refractivity contribution in [1.82, 2.24) is 0 Å². The molecule has 3 aromatic rings. The van der Waals surface area contributed by atoms with Gasteiger partial charge in [0.2, 0.25) is 0 Å². The van der Waals surface area contributed by atoms with Crippen molar-refractivity contribution < 1.29 is 18.3 Å². The van der Waals surface area contributed by atoms with Gasteiger partial charge in [-0.05, 0) is 42.0 Å². The lowest BCUT2D eigenvalue weighted by Crippen LogP contribution is -1.92. The molecule has 0 unspecified atom stereocenters. The molecular formula is C18H14F2O2. The Balaban J connectivity index is 2.29. The molecule has 0 bridgehead atoms. The van der Waals surface area contributed by atoms with Gasteiger partial charge < -0.3 is 9.47 Å². The van der Waals surface area contributed by atoms with Gasteiger partial charge in [-0.3, -0.25) is 0 Å². The summed E-state index contributed by atoms with van der Waals surface area (Å²) in [6.45, 7) is 1.78. The molecule has 2 nitrogen and oxygen atoms in total. The van der Waals surface area contributed by atoms with E-state index in [-0.39, 0.29) is 11.5 Å². The monoisotopic (exact) mass is 300 g/mol. The molecule has 0 fully saturated rings. The predicted octanol–water partition coefficient (Wildman–Crippen LogP) is 5.19. The molecule has 3 rings (SSSR count). The van der Waals surface area contributed by atoms with E-state index in [1.807, 2.05) is 0 Å². The molecule has 0 spiro atoms. The number of ether oxygens (including phenoxy) is 2. The quantitative estimate of drug-likeness (QED) is 0.489. The van der Waals surface area contributed by atoms with Gasteiger partial charge in [0.1, 0.15) is 0 Å². The Morgan fingerprint density at radius 1 is 0.773 bits per heavy atom. The number of hydrogen-bond acceptors (Lipinski definition) is 2. The zero-order chi connectivity index (χ0) is 15.7. The van der Waals surface area contributed by atoms with Crippen molar-refractivity contribution in [3.63, 3.8) is 0 Å². The zero-order valence-corrected chi connectivity index (χ0v) is 12.2. The van der Waals surface area contributed by atoms with Crippen LogP contribution in [0.25, 0.3) is 21.5 Å². The van der Waals surface area contributed by atoms with Crippen molar-refractivity contribution in [3.8, 4) is 11.5 Å². The van der Waals surface area contributed by atoms with Crippen LogP contribution in [0.3, 0.4) is 0 Å². The molecule has 0 heterocycles. The van der Waals surface area contributed by atoms with E-state index in [4.69, 9.17) is 9.47 Å². The standard InChI is InChI=1S/C18H14F2O2/c1-3-10-22-16-9-7-12-11-6-8-15(21-2)17(19)13(11)4-5-14(12)18(16)20/h3-10H,1-2H3/b10-3+. The fourth-order valence-corrected chi connectivity index (χ4v) is 2.50. The maximum Gasteiger partial charge on any atom is 0.173 e. The van der Waals surface area contributed by atoms with Gasteiger partial charge in [-0.15, -0.1) is 0 Å². The second-order valence-corrected chi connectivity index (χ2v) is 4.80. The average molecular weight is 300 g/mol. The van der Waals surface area contributed by atoms with Crippen LogP contribution in [0.4, 0.5) is 8.78 Å². The summed E-state index contributed by atoms with van der Waals surface area (Å²) in [5.74, 6) is -0.607. The van der Waals surface area contributed by atoms with Crippen LogP contribution in [0.2, 0.25) is 0 Å². The van der Waals surface area contributed by atoms with E-state index >= 15 is 0 Å². The number of methoxy groups -OCH3 is 1. The van der Waals surface area contributed by atoms with Crippen LogP contribution in [0.15, 0.2) is 48.7 Å². The number of halogens is 2. The van der Waals surface area contributed by atoms with E-state index in [1.165, 1.54) is 13.4 Å². The number of fused-ring (bicyclic) bond motifs is 3. The van der Waals surface area contributed by atoms with E-state index in [2.05, 4.69) is 0 Å². The van der Waals surface area contributed by atoms with Crippen LogP contribution < -0.4 is 9.47 Å². The summed E-state index contributed by atoms with van der Waals surface area (Å²) in [5.41, 5.74) is 0. The third kappa shape index (κ3) is 2.17. The highest BCUT2D eigenvalue weighted by atomic mass is 19.1. The number of rotatable bonds is 3. The van der Waals surface area contributed by atoms with Crippen molar-refractivity contribution in [3.05, 3.63) is 60.4 Å². The van der Waals surface area contributed by atoms with Crippen LogP contribution in [-0.4, -0.2) is 7.11 Å². The maximum absolute atomic E-state index is 14.5. The second-order valence-electron chi connectivity index (χ2n) is 4.80. The van der Waals surface area contributed by atoms with Crippen LogP contribution in [-0.2, 0) is 0 Å². The van der Waals surface area contributed by atoms with E-state index in [0.717, 1.165) is 0 Å². The fraction of sp³-hybridized carbons (Fsp3) is 0.111. The molecule has 0 aliphatic rings. The molecule has 4 heteroatoms. The Bertz CT molecular complexity index is 885. The van der Waals surface area contributed by atoms with E-state index in [1.54, 1.807) is 49.4 Å². The molecular weight excluding hydrogens is 286 g/mol. The Kier molecular flexibility index (Phi) is 3.67. The lowest BCUT2D eigenvalue weighted by Gasteiger charge is -2.10. The summed E-state index contributed by atoms with van der Waals surface area (Å²) in [5, 5.41) is 2.05. The third-order valence-corrected chi connectivity index (χ3v) is 3.55. The van der Waals surface area contributed by atoms with Crippen molar-refractivity contribution >= 4 is 21.5 Å². The normalized spacial score (nSPS) is 11.5. The minimum Gasteiger partial charge on any atom is -0.494 e. The van der Waals surface area contributed by atoms with Crippen LogP contribution in [0, 0.1) is 11.6 Å². The van der Waals surface area contributed by atoms with Crippen molar-refractivity contribution in [2.45, 2.75) is 6.92 Å². The SMILES string of the molecule is C/C=C/Oc1ccc2c(ccc3c(F)c(OC)ccc32)c1F. The highest BCUT2D eigenvalue weighted by Gasteiger charge is 2.14. The Hall–Kier alpha value is -2.62.